The number of nitrogens with zero attached hydrogens (tertiary/aromatic N) is 3. The van der Waals surface area contributed by atoms with Crippen LogP contribution in [0.2, 0.25) is 0 Å². The maximum atomic E-state index is 13.3. The van der Waals surface area contributed by atoms with E-state index in [-0.39, 0.29) is 11.5 Å². The standard InChI is InChI=1S/C20H28N3O2/c1-15-4-2-11-21-18(15)22-12-3-9-20(14-22)10-13-23(19(20)25)16-5-7-17(24)8-6-16/h4,11,16-17,24H,3,5-10,12-14H2,1H3/t16-,17-,20-/m1/s1. The number of hydrogen-bond donors (Lipinski definition) is 1. The van der Waals surface area contributed by atoms with Crippen molar-refractivity contribution in [1.29, 1.82) is 0 Å². The van der Waals surface area contributed by atoms with E-state index in [1.807, 2.05) is 6.07 Å². The molecular formula is C20H28N3O2. The van der Waals surface area contributed by atoms with Crippen LogP contribution in [0, 0.1) is 18.4 Å². The van der Waals surface area contributed by atoms with Crippen molar-refractivity contribution in [3.8, 4) is 0 Å². The van der Waals surface area contributed by atoms with E-state index in [1.54, 1.807) is 6.20 Å². The highest BCUT2D eigenvalue weighted by Gasteiger charge is 2.50. The Balaban J connectivity index is 1.50. The Morgan fingerprint density at radius 1 is 1.24 bits per heavy atom. The molecule has 0 aromatic carbocycles. The molecule has 1 atom stereocenters. The predicted octanol–water partition coefficient (Wildman–Crippen LogP) is 2.31. The van der Waals surface area contributed by atoms with Crippen molar-refractivity contribution < 1.29 is 9.90 Å². The first-order valence-corrected chi connectivity index (χ1v) is 9.66. The van der Waals surface area contributed by atoms with Gasteiger partial charge in [0.05, 0.1) is 11.5 Å². The lowest BCUT2D eigenvalue weighted by Gasteiger charge is -2.41. The predicted molar refractivity (Wildman–Crippen MR) is 96.3 cm³/mol. The average molecular weight is 342 g/mol. The molecule has 4 rings (SSSR count). The van der Waals surface area contributed by atoms with Crippen LogP contribution in [0.3, 0.4) is 0 Å². The van der Waals surface area contributed by atoms with Gasteiger partial charge in [-0.05, 0) is 63.5 Å². The van der Waals surface area contributed by atoms with Crippen molar-refractivity contribution in [2.24, 2.45) is 5.41 Å². The van der Waals surface area contributed by atoms with Crippen LogP contribution in [0.25, 0.3) is 0 Å². The molecule has 1 aromatic rings. The number of likely N-dealkylation sites (tertiary alicyclic amines) is 1. The second-order valence-electron chi connectivity index (χ2n) is 8.09. The molecule has 135 valence electrons. The third kappa shape index (κ3) is 3.03. The van der Waals surface area contributed by atoms with Gasteiger partial charge in [0.1, 0.15) is 5.82 Å². The molecule has 1 amide bonds. The molecule has 5 heteroatoms. The molecule has 1 aliphatic carbocycles. The van der Waals surface area contributed by atoms with Crippen LogP contribution >= 0.6 is 0 Å². The molecular weight excluding hydrogens is 314 g/mol. The van der Waals surface area contributed by atoms with Gasteiger partial charge < -0.3 is 14.9 Å². The SMILES string of the molecule is Cc1c[c]cnc1N1CCC[C@@]2(CCN([C@H]3CC[C@H](O)CC3)C2=O)C1. The number of aliphatic hydroxyl groups excluding tert-OH is 1. The second kappa shape index (κ2) is 6.60. The number of aliphatic hydroxyl groups is 1. The van der Waals surface area contributed by atoms with E-state index in [0.29, 0.717) is 11.9 Å². The first-order valence-electron chi connectivity index (χ1n) is 9.66. The van der Waals surface area contributed by atoms with Gasteiger partial charge in [-0.25, -0.2) is 4.98 Å². The first kappa shape index (κ1) is 16.8. The molecule has 1 radical (unpaired) electrons. The summed E-state index contributed by atoms with van der Waals surface area (Å²) in [4.78, 5) is 22.3. The number of amides is 1. The fourth-order valence-corrected chi connectivity index (χ4v) is 5.02. The molecule has 1 spiro atoms. The van der Waals surface area contributed by atoms with Gasteiger partial charge in [0.15, 0.2) is 0 Å². The van der Waals surface area contributed by atoms with E-state index in [2.05, 4.69) is 27.8 Å². The summed E-state index contributed by atoms with van der Waals surface area (Å²) in [5.41, 5.74) is 0.894. The lowest BCUT2D eigenvalue weighted by Crippen LogP contribution is -2.50. The number of hydrogen-bond acceptors (Lipinski definition) is 4. The molecule has 2 saturated heterocycles. The summed E-state index contributed by atoms with van der Waals surface area (Å²) in [6.07, 6.45) is 8.10. The highest BCUT2D eigenvalue weighted by Crippen LogP contribution is 2.43. The highest BCUT2D eigenvalue weighted by atomic mass is 16.3. The zero-order valence-electron chi connectivity index (χ0n) is 15.1. The summed E-state index contributed by atoms with van der Waals surface area (Å²) in [7, 11) is 0. The zero-order valence-corrected chi connectivity index (χ0v) is 15.1. The van der Waals surface area contributed by atoms with Gasteiger partial charge in [-0.15, -0.1) is 0 Å². The molecule has 1 N–H and O–H groups in total. The Morgan fingerprint density at radius 3 is 2.80 bits per heavy atom. The third-order valence-corrected chi connectivity index (χ3v) is 6.44. The van der Waals surface area contributed by atoms with Crippen molar-refractivity contribution in [3.05, 3.63) is 23.9 Å². The molecule has 1 saturated carbocycles. The van der Waals surface area contributed by atoms with Crippen LogP contribution < -0.4 is 4.90 Å². The number of aryl methyl sites for hydroxylation is 1. The first-order chi connectivity index (χ1) is 12.1. The van der Waals surface area contributed by atoms with Gasteiger partial charge in [0.2, 0.25) is 5.91 Å². The van der Waals surface area contributed by atoms with E-state index in [9.17, 15) is 9.90 Å². The Labute approximate surface area is 150 Å². The quantitative estimate of drug-likeness (QED) is 0.896. The highest BCUT2D eigenvalue weighted by molar-refractivity contribution is 5.86. The molecule has 0 bridgehead atoms. The minimum Gasteiger partial charge on any atom is -0.393 e. The monoisotopic (exact) mass is 342 g/mol. The zero-order chi connectivity index (χ0) is 17.4. The normalized spacial score (nSPS) is 33.3. The molecule has 0 unspecified atom stereocenters. The van der Waals surface area contributed by atoms with E-state index in [4.69, 9.17) is 0 Å². The second-order valence-corrected chi connectivity index (χ2v) is 8.09. The van der Waals surface area contributed by atoms with Crippen LogP contribution in [0.15, 0.2) is 12.3 Å². The minimum absolute atomic E-state index is 0.169. The van der Waals surface area contributed by atoms with Gasteiger partial charge in [-0.3, -0.25) is 4.79 Å². The topological polar surface area (TPSA) is 56.7 Å². The van der Waals surface area contributed by atoms with Crippen molar-refractivity contribution >= 4 is 11.7 Å². The van der Waals surface area contributed by atoms with Crippen molar-refractivity contribution in [2.45, 2.75) is 64.0 Å². The van der Waals surface area contributed by atoms with Gasteiger partial charge in [0, 0.05) is 37.9 Å². The largest absolute Gasteiger partial charge is 0.393 e. The number of carbonyl (C=O) groups excluding carboxylic acids is 1. The number of aromatic nitrogens is 1. The van der Waals surface area contributed by atoms with Gasteiger partial charge in [-0.2, -0.15) is 0 Å². The molecule has 25 heavy (non-hydrogen) atoms. The molecule has 1 aromatic heterocycles. The van der Waals surface area contributed by atoms with Gasteiger partial charge in [-0.1, -0.05) is 0 Å². The summed E-state index contributed by atoms with van der Waals surface area (Å²) >= 11 is 0. The van der Waals surface area contributed by atoms with E-state index < -0.39 is 0 Å². The lowest BCUT2D eigenvalue weighted by atomic mass is 9.78. The average Bonchev–Trinajstić information content (AvgIpc) is 2.92. The summed E-state index contributed by atoms with van der Waals surface area (Å²) in [5.74, 6) is 1.35. The molecule has 3 aliphatic rings. The smallest absolute Gasteiger partial charge is 0.230 e. The Hall–Kier alpha value is -1.62. The van der Waals surface area contributed by atoms with Crippen molar-refractivity contribution in [2.75, 3.05) is 24.5 Å². The Bertz CT molecular complexity index is 642. The van der Waals surface area contributed by atoms with E-state index in [0.717, 1.165) is 76.0 Å². The van der Waals surface area contributed by atoms with Crippen molar-refractivity contribution in [1.82, 2.24) is 9.88 Å². The molecule has 3 heterocycles. The van der Waals surface area contributed by atoms with Crippen LogP contribution in [0.4, 0.5) is 5.82 Å². The molecule has 5 nitrogen and oxygen atoms in total. The van der Waals surface area contributed by atoms with E-state index in [1.165, 1.54) is 0 Å². The van der Waals surface area contributed by atoms with Gasteiger partial charge in [0.25, 0.3) is 0 Å². The van der Waals surface area contributed by atoms with Crippen LogP contribution in [0.5, 0.6) is 0 Å². The number of piperidine rings is 1. The summed E-state index contributed by atoms with van der Waals surface area (Å²) in [5, 5.41) is 9.75. The maximum Gasteiger partial charge on any atom is 0.230 e. The number of pyridine rings is 1. The lowest BCUT2D eigenvalue weighted by molar-refractivity contribution is -0.139. The van der Waals surface area contributed by atoms with E-state index >= 15 is 0 Å². The minimum atomic E-state index is -0.234. The molecule has 3 fully saturated rings. The third-order valence-electron chi connectivity index (χ3n) is 6.44. The fourth-order valence-electron chi connectivity index (χ4n) is 5.02. The van der Waals surface area contributed by atoms with Crippen LogP contribution in [-0.2, 0) is 4.79 Å². The number of rotatable bonds is 2. The van der Waals surface area contributed by atoms with Gasteiger partial charge >= 0.3 is 0 Å². The molecule has 2 aliphatic heterocycles. The number of anilines is 1. The summed E-state index contributed by atoms with van der Waals surface area (Å²) < 4.78 is 0. The summed E-state index contributed by atoms with van der Waals surface area (Å²) in [6.45, 7) is 4.71. The Morgan fingerprint density at radius 2 is 2.04 bits per heavy atom. The Kier molecular flexibility index (Phi) is 4.44. The van der Waals surface area contributed by atoms with Crippen LogP contribution in [0.1, 0.15) is 50.5 Å². The van der Waals surface area contributed by atoms with Crippen molar-refractivity contribution in [3.63, 3.8) is 0 Å². The summed E-state index contributed by atoms with van der Waals surface area (Å²) in [6, 6.07) is 5.33. The van der Waals surface area contributed by atoms with Crippen LogP contribution in [-0.4, -0.2) is 52.7 Å². The number of carbonyl (C=O) groups is 1. The maximum absolute atomic E-state index is 13.3. The fraction of sp³-hybridized carbons (Fsp3) is 0.700.